The summed E-state index contributed by atoms with van der Waals surface area (Å²) < 4.78 is 3.78. The first-order chi connectivity index (χ1) is 10.1. The molecule has 1 saturated carbocycles. The van der Waals surface area contributed by atoms with Crippen LogP contribution >= 0.6 is 11.5 Å². The fourth-order valence-electron chi connectivity index (χ4n) is 2.80. The number of carbonyl (C=O) groups is 2. The summed E-state index contributed by atoms with van der Waals surface area (Å²) in [4.78, 5) is 25.1. The fraction of sp³-hybridized carbons (Fsp3) is 0.600. The van der Waals surface area contributed by atoms with Crippen molar-refractivity contribution in [3.8, 4) is 0 Å². The Morgan fingerprint density at radius 2 is 2.05 bits per heavy atom. The molecule has 5 nitrogen and oxygen atoms in total. The maximum Gasteiger partial charge on any atom is 0.265 e. The summed E-state index contributed by atoms with van der Waals surface area (Å²) >= 11 is 1.07. The zero-order valence-corrected chi connectivity index (χ0v) is 13.3. The zero-order chi connectivity index (χ0) is 15.2. The van der Waals surface area contributed by atoms with Crippen molar-refractivity contribution in [2.45, 2.75) is 52.0 Å². The van der Waals surface area contributed by atoms with Gasteiger partial charge in [0.05, 0.1) is 11.7 Å². The van der Waals surface area contributed by atoms with E-state index in [4.69, 9.17) is 0 Å². The SMILES string of the molecule is C/C=C/C(=O)C(NC(=O)c1snnc1C)C1CCCCC1. The van der Waals surface area contributed by atoms with Crippen molar-refractivity contribution in [2.24, 2.45) is 5.92 Å². The lowest BCUT2D eigenvalue weighted by molar-refractivity contribution is -0.117. The van der Waals surface area contributed by atoms with Crippen LogP contribution in [0.2, 0.25) is 0 Å². The number of amides is 1. The quantitative estimate of drug-likeness (QED) is 0.849. The highest BCUT2D eigenvalue weighted by molar-refractivity contribution is 7.08. The van der Waals surface area contributed by atoms with Gasteiger partial charge in [0.25, 0.3) is 5.91 Å². The molecule has 6 heteroatoms. The Balaban J connectivity index is 2.13. The van der Waals surface area contributed by atoms with Gasteiger partial charge in [0.15, 0.2) is 5.78 Å². The summed E-state index contributed by atoms with van der Waals surface area (Å²) in [5, 5.41) is 6.75. The molecule has 1 aromatic rings. The fourth-order valence-corrected chi connectivity index (χ4v) is 3.36. The second kappa shape index (κ2) is 7.45. The second-order valence-electron chi connectivity index (χ2n) is 5.44. The number of aromatic nitrogens is 2. The maximum atomic E-state index is 12.3. The summed E-state index contributed by atoms with van der Waals surface area (Å²) in [7, 11) is 0. The molecule has 1 amide bonds. The maximum absolute atomic E-state index is 12.3. The van der Waals surface area contributed by atoms with Crippen LogP contribution in [0.15, 0.2) is 12.2 Å². The van der Waals surface area contributed by atoms with Crippen LogP contribution in [0.5, 0.6) is 0 Å². The lowest BCUT2D eigenvalue weighted by Gasteiger charge is -2.29. The molecule has 21 heavy (non-hydrogen) atoms. The molecule has 1 heterocycles. The van der Waals surface area contributed by atoms with Gasteiger partial charge in [-0.3, -0.25) is 9.59 Å². The minimum absolute atomic E-state index is 0.0205. The molecule has 1 aromatic heterocycles. The third-order valence-corrected chi connectivity index (χ3v) is 4.73. The van der Waals surface area contributed by atoms with Gasteiger partial charge < -0.3 is 5.32 Å². The van der Waals surface area contributed by atoms with Crippen LogP contribution in [-0.4, -0.2) is 27.3 Å². The Morgan fingerprint density at radius 1 is 1.33 bits per heavy atom. The van der Waals surface area contributed by atoms with Gasteiger partial charge in [-0.15, -0.1) is 5.10 Å². The molecule has 1 aliphatic carbocycles. The number of nitrogens with one attached hydrogen (secondary N) is 1. The number of rotatable bonds is 5. The molecule has 1 fully saturated rings. The highest BCUT2D eigenvalue weighted by Gasteiger charge is 2.30. The zero-order valence-electron chi connectivity index (χ0n) is 12.5. The molecule has 1 atom stereocenters. The van der Waals surface area contributed by atoms with E-state index in [0.29, 0.717) is 10.6 Å². The van der Waals surface area contributed by atoms with Crippen molar-refractivity contribution in [1.82, 2.24) is 14.9 Å². The molecule has 0 bridgehead atoms. The van der Waals surface area contributed by atoms with Gasteiger partial charge in [0.1, 0.15) is 4.88 Å². The van der Waals surface area contributed by atoms with Crippen LogP contribution in [-0.2, 0) is 4.79 Å². The van der Waals surface area contributed by atoms with E-state index in [9.17, 15) is 9.59 Å². The first-order valence-electron chi connectivity index (χ1n) is 7.40. The minimum Gasteiger partial charge on any atom is -0.341 e. The number of allylic oxidation sites excluding steroid dienone is 1. The van der Waals surface area contributed by atoms with Crippen LogP contribution in [0, 0.1) is 12.8 Å². The smallest absolute Gasteiger partial charge is 0.265 e. The lowest BCUT2D eigenvalue weighted by atomic mass is 9.82. The largest absolute Gasteiger partial charge is 0.341 e. The predicted molar refractivity (Wildman–Crippen MR) is 82.3 cm³/mol. The molecular formula is C15H21N3O2S. The number of carbonyl (C=O) groups excluding carboxylic acids is 2. The van der Waals surface area contributed by atoms with Gasteiger partial charge in [0.2, 0.25) is 0 Å². The van der Waals surface area contributed by atoms with E-state index < -0.39 is 6.04 Å². The van der Waals surface area contributed by atoms with Crippen molar-refractivity contribution >= 4 is 23.2 Å². The highest BCUT2D eigenvalue weighted by atomic mass is 32.1. The molecule has 1 N–H and O–H groups in total. The molecule has 0 saturated heterocycles. The topological polar surface area (TPSA) is 72.0 Å². The molecule has 1 unspecified atom stereocenters. The average molecular weight is 307 g/mol. The van der Waals surface area contributed by atoms with Gasteiger partial charge >= 0.3 is 0 Å². The van der Waals surface area contributed by atoms with Crippen LogP contribution in [0.1, 0.15) is 54.4 Å². The number of hydrogen-bond acceptors (Lipinski definition) is 5. The van der Waals surface area contributed by atoms with E-state index in [1.54, 1.807) is 19.1 Å². The van der Waals surface area contributed by atoms with E-state index in [-0.39, 0.29) is 17.6 Å². The Hall–Kier alpha value is -1.56. The van der Waals surface area contributed by atoms with Crippen LogP contribution in [0.3, 0.4) is 0 Å². The van der Waals surface area contributed by atoms with Crippen molar-refractivity contribution in [3.05, 3.63) is 22.7 Å². The summed E-state index contributed by atoms with van der Waals surface area (Å²) in [5.74, 6) is -0.0311. The van der Waals surface area contributed by atoms with E-state index in [0.717, 1.165) is 37.2 Å². The molecule has 0 spiro atoms. The minimum atomic E-state index is -0.435. The van der Waals surface area contributed by atoms with E-state index in [1.165, 1.54) is 6.42 Å². The molecule has 0 radical (unpaired) electrons. The standard InChI is InChI=1S/C15H21N3O2S/c1-3-7-12(19)13(11-8-5-4-6-9-11)16-15(20)14-10(2)17-18-21-14/h3,7,11,13H,4-6,8-9H2,1-2H3,(H,16,20)/b7-3+. The number of nitrogens with zero attached hydrogens (tertiary/aromatic N) is 2. The Morgan fingerprint density at radius 3 is 2.62 bits per heavy atom. The molecule has 0 aliphatic heterocycles. The predicted octanol–water partition coefficient (Wildman–Crippen LogP) is 2.67. The van der Waals surface area contributed by atoms with Crippen LogP contribution in [0.25, 0.3) is 0 Å². The third kappa shape index (κ3) is 3.97. The third-order valence-electron chi connectivity index (χ3n) is 3.90. The number of aryl methyl sites for hydroxylation is 1. The van der Waals surface area contributed by atoms with Crippen molar-refractivity contribution in [1.29, 1.82) is 0 Å². The Labute approximate surface area is 129 Å². The van der Waals surface area contributed by atoms with Gasteiger partial charge in [-0.25, -0.2) is 0 Å². The Kier molecular flexibility index (Phi) is 5.61. The molecule has 114 valence electrons. The highest BCUT2D eigenvalue weighted by Crippen LogP contribution is 2.27. The first-order valence-corrected chi connectivity index (χ1v) is 8.17. The Bertz CT molecular complexity index is 533. The van der Waals surface area contributed by atoms with Crippen molar-refractivity contribution < 1.29 is 9.59 Å². The van der Waals surface area contributed by atoms with Crippen molar-refractivity contribution in [3.63, 3.8) is 0 Å². The molecule has 1 aliphatic rings. The van der Waals surface area contributed by atoms with Crippen LogP contribution < -0.4 is 5.32 Å². The normalized spacial score (nSPS) is 17.8. The van der Waals surface area contributed by atoms with E-state index in [1.807, 2.05) is 6.92 Å². The van der Waals surface area contributed by atoms with Gasteiger partial charge in [-0.1, -0.05) is 29.8 Å². The summed E-state index contributed by atoms with van der Waals surface area (Å²) in [6.07, 6.45) is 8.74. The monoisotopic (exact) mass is 307 g/mol. The van der Waals surface area contributed by atoms with Crippen molar-refractivity contribution in [2.75, 3.05) is 0 Å². The molecule has 2 rings (SSSR count). The number of ketones is 1. The number of hydrogen-bond donors (Lipinski definition) is 1. The first kappa shape index (κ1) is 15.8. The average Bonchev–Trinajstić information content (AvgIpc) is 2.92. The summed E-state index contributed by atoms with van der Waals surface area (Å²) in [6, 6.07) is -0.435. The lowest BCUT2D eigenvalue weighted by Crippen LogP contribution is -2.46. The molecular weight excluding hydrogens is 286 g/mol. The van der Waals surface area contributed by atoms with Crippen LogP contribution in [0.4, 0.5) is 0 Å². The van der Waals surface area contributed by atoms with E-state index >= 15 is 0 Å². The van der Waals surface area contributed by atoms with Gasteiger partial charge in [0, 0.05) is 0 Å². The summed E-state index contributed by atoms with van der Waals surface area (Å²) in [6.45, 7) is 3.57. The van der Waals surface area contributed by atoms with E-state index in [2.05, 4.69) is 14.9 Å². The van der Waals surface area contributed by atoms with Gasteiger partial charge in [-0.2, -0.15) is 0 Å². The molecule has 0 aromatic carbocycles. The second-order valence-corrected chi connectivity index (χ2v) is 6.19. The summed E-state index contributed by atoms with van der Waals surface area (Å²) in [5.41, 5.74) is 0.610. The van der Waals surface area contributed by atoms with Gasteiger partial charge in [-0.05, 0) is 50.2 Å².